The van der Waals surface area contributed by atoms with E-state index in [4.69, 9.17) is 23.2 Å². The number of H-pyrrole nitrogens is 1. The summed E-state index contributed by atoms with van der Waals surface area (Å²) in [6.45, 7) is -1.02. The Morgan fingerprint density at radius 1 is 1.12 bits per heavy atom. The van der Waals surface area contributed by atoms with Crippen molar-refractivity contribution in [2.75, 3.05) is 13.2 Å². The van der Waals surface area contributed by atoms with Crippen molar-refractivity contribution in [1.82, 2.24) is 14.9 Å². The van der Waals surface area contributed by atoms with Crippen LogP contribution in [0.15, 0.2) is 52.3 Å². The number of aliphatic hydroxyl groups excluding tert-OH is 2. The fourth-order valence-electron chi connectivity index (χ4n) is 3.62. The van der Waals surface area contributed by atoms with Gasteiger partial charge in [-0.2, -0.15) is 0 Å². The number of aliphatic hydroxyl groups is 2. The number of benzene rings is 2. The van der Waals surface area contributed by atoms with Crippen molar-refractivity contribution < 1.29 is 20.1 Å². The predicted octanol–water partition coefficient (Wildman–Crippen LogP) is 2.50. The van der Waals surface area contributed by atoms with E-state index in [0.717, 1.165) is 10.1 Å². The van der Waals surface area contributed by atoms with Crippen LogP contribution in [0.25, 0.3) is 11.6 Å². The summed E-state index contributed by atoms with van der Waals surface area (Å²) in [5.41, 5.74) is 1.73. The molecule has 0 aliphatic carbocycles. The number of imidazole rings is 1. The number of carbonyl (C=O) groups excluding carboxylic acids is 1. The Bertz CT molecular complexity index is 1340. The lowest BCUT2D eigenvalue weighted by Gasteiger charge is -2.21. The molecule has 5 N–H and O–H groups in total. The molecule has 2 aromatic carbocycles. The third kappa shape index (κ3) is 4.64. The van der Waals surface area contributed by atoms with Crippen molar-refractivity contribution in [2.24, 2.45) is 4.99 Å². The van der Waals surface area contributed by atoms with Gasteiger partial charge in [0.1, 0.15) is 11.7 Å². The molecule has 3 aromatic rings. The number of hydrogen-bond acceptors (Lipinski definition) is 6. The lowest BCUT2D eigenvalue weighted by atomic mass is 10.0. The Balaban J connectivity index is 1.78. The minimum atomic E-state index is -1.31. The zero-order valence-corrected chi connectivity index (χ0v) is 19.1. The maximum Gasteiger partial charge on any atom is 0.329 e. The maximum absolute atomic E-state index is 13.1. The van der Waals surface area contributed by atoms with E-state index in [1.165, 1.54) is 6.08 Å². The average Bonchev–Trinajstić information content (AvgIpc) is 3.33. The van der Waals surface area contributed by atoms with Crippen molar-refractivity contribution in [1.29, 1.82) is 0 Å². The number of hydrogen-bond donors (Lipinski definition) is 5. The first kappa shape index (κ1) is 23.8. The molecule has 0 spiro atoms. The van der Waals surface area contributed by atoms with Gasteiger partial charge in [0, 0.05) is 27.4 Å². The van der Waals surface area contributed by atoms with Crippen LogP contribution in [-0.2, 0) is 4.79 Å². The van der Waals surface area contributed by atoms with Crippen molar-refractivity contribution >= 4 is 52.7 Å². The number of aromatic hydroxyl groups is 1. The lowest BCUT2D eigenvalue weighted by molar-refractivity contribution is -0.124. The minimum absolute atomic E-state index is 0.0712. The molecule has 2 heterocycles. The van der Waals surface area contributed by atoms with E-state index in [0.29, 0.717) is 26.9 Å². The summed E-state index contributed by atoms with van der Waals surface area (Å²) in [4.78, 5) is 32.9. The second kappa shape index (κ2) is 9.86. The van der Waals surface area contributed by atoms with Crippen LogP contribution in [0, 0.1) is 0 Å². The molecule has 1 amide bonds. The van der Waals surface area contributed by atoms with Gasteiger partial charge in [-0.3, -0.25) is 9.79 Å². The van der Waals surface area contributed by atoms with Gasteiger partial charge in [0.2, 0.25) is 11.8 Å². The summed E-state index contributed by atoms with van der Waals surface area (Å²) in [6, 6.07) is 9.09. The smallest absolute Gasteiger partial charge is 0.329 e. The third-order valence-corrected chi connectivity index (χ3v) is 5.81. The number of nitrogens with zero attached hydrogens (tertiary/aromatic N) is 2. The Hall–Kier alpha value is -3.37. The summed E-state index contributed by atoms with van der Waals surface area (Å²) in [7, 11) is 0. The molecular formula is C23H20Cl2N4O5. The molecule has 4 rings (SSSR count). The highest BCUT2D eigenvalue weighted by Gasteiger charge is 2.30. The largest absolute Gasteiger partial charge is 0.493 e. The number of aliphatic imine (C=N–C) groups is 1. The number of rotatable bonds is 7. The first-order valence-corrected chi connectivity index (χ1v) is 10.9. The lowest BCUT2D eigenvalue weighted by Crippen LogP contribution is -2.45. The molecule has 34 heavy (non-hydrogen) atoms. The second-order valence-corrected chi connectivity index (χ2v) is 8.45. The molecule has 176 valence electrons. The van der Waals surface area contributed by atoms with Gasteiger partial charge in [-0.1, -0.05) is 41.4 Å². The quantitative estimate of drug-likeness (QED) is 0.337. The second-order valence-electron chi connectivity index (χ2n) is 7.58. The predicted molar refractivity (Wildman–Crippen MR) is 130 cm³/mol. The number of aromatic nitrogens is 2. The molecule has 0 fully saturated rings. The topological polar surface area (TPSA) is 140 Å². The first-order chi connectivity index (χ1) is 16.3. The highest BCUT2D eigenvalue weighted by molar-refractivity contribution is 6.31. The Kier molecular flexibility index (Phi) is 6.90. The van der Waals surface area contributed by atoms with Crippen LogP contribution in [-0.4, -0.2) is 56.2 Å². The molecule has 11 heteroatoms. The van der Waals surface area contributed by atoms with Gasteiger partial charge < -0.3 is 25.6 Å². The van der Waals surface area contributed by atoms with Gasteiger partial charge in [-0.25, -0.2) is 9.36 Å². The molecule has 0 radical (unpaired) electrons. The van der Waals surface area contributed by atoms with Gasteiger partial charge in [0.15, 0.2) is 0 Å². The van der Waals surface area contributed by atoms with E-state index < -0.39 is 42.8 Å². The number of aromatic amines is 1. The summed E-state index contributed by atoms with van der Waals surface area (Å²) in [5.74, 6) is -1.19. The van der Waals surface area contributed by atoms with Crippen molar-refractivity contribution in [3.8, 4) is 5.88 Å². The van der Waals surface area contributed by atoms with E-state index in [1.54, 1.807) is 48.7 Å². The normalized spacial score (nSPS) is 14.6. The zero-order valence-electron chi connectivity index (χ0n) is 17.6. The van der Waals surface area contributed by atoms with E-state index in [1.807, 2.05) is 0 Å². The van der Waals surface area contributed by atoms with Crippen LogP contribution in [0.3, 0.4) is 0 Å². The highest BCUT2D eigenvalue weighted by atomic mass is 35.5. The Labute approximate surface area is 203 Å². The number of carbonyl (C=O) groups is 1. The molecule has 0 saturated heterocycles. The molecule has 9 nitrogen and oxygen atoms in total. The van der Waals surface area contributed by atoms with Crippen molar-refractivity contribution in [3.63, 3.8) is 0 Å². The van der Waals surface area contributed by atoms with E-state index in [-0.39, 0.29) is 5.69 Å². The van der Waals surface area contributed by atoms with Gasteiger partial charge in [0.25, 0.3) is 0 Å². The van der Waals surface area contributed by atoms with E-state index in [9.17, 15) is 24.9 Å². The fraction of sp³-hybridized carbons (Fsp3) is 0.174. The Morgan fingerprint density at radius 3 is 2.47 bits per heavy atom. The van der Waals surface area contributed by atoms with Crippen LogP contribution in [0.4, 0.5) is 5.69 Å². The number of amides is 1. The SMILES string of the molecule is O=C(NC(CO)CO)C(c1ccc(Cl)cc1)n1c(O)c(C=C2C=Nc3cc(Cl)ccc32)[nH]c1=O. The molecule has 1 aliphatic heterocycles. The molecule has 1 unspecified atom stereocenters. The molecule has 1 aliphatic rings. The molecule has 1 aromatic heterocycles. The first-order valence-electron chi connectivity index (χ1n) is 10.2. The van der Waals surface area contributed by atoms with Crippen LogP contribution in [0.5, 0.6) is 5.88 Å². The summed E-state index contributed by atoms with van der Waals surface area (Å²) in [5, 5.41) is 33.1. The van der Waals surface area contributed by atoms with Gasteiger partial charge in [-0.15, -0.1) is 0 Å². The van der Waals surface area contributed by atoms with Crippen LogP contribution >= 0.6 is 23.2 Å². The van der Waals surface area contributed by atoms with E-state index in [2.05, 4.69) is 15.3 Å². The number of nitrogens with one attached hydrogen (secondary N) is 2. The minimum Gasteiger partial charge on any atom is -0.493 e. The highest BCUT2D eigenvalue weighted by Crippen LogP contribution is 2.35. The van der Waals surface area contributed by atoms with E-state index >= 15 is 0 Å². The fourth-order valence-corrected chi connectivity index (χ4v) is 3.92. The Morgan fingerprint density at radius 2 is 1.79 bits per heavy atom. The number of fused-ring (bicyclic) bond motifs is 1. The summed E-state index contributed by atoms with van der Waals surface area (Å²) < 4.78 is 0.894. The van der Waals surface area contributed by atoms with Gasteiger partial charge in [0.05, 0.1) is 24.9 Å². The molecular weight excluding hydrogens is 483 g/mol. The molecule has 1 atom stereocenters. The van der Waals surface area contributed by atoms with Crippen LogP contribution in [0.2, 0.25) is 10.0 Å². The zero-order chi connectivity index (χ0) is 24.4. The number of allylic oxidation sites excluding steroid dienone is 1. The number of halogens is 2. The molecule has 0 bridgehead atoms. The average molecular weight is 503 g/mol. The van der Waals surface area contributed by atoms with Crippen molar-refractivity contribution in [2.45, 2.75) is 12.1 Å². The summed E-state index contributed by atoms with van der Waals surface area (Å²) in [6.07, 6.45) is 3.12. The van der Waals surface area contributed by atoms with Crippen LogP contribution < -0.4 is 11.0 Å². The molecule has 0 saturated carbocycles. The van der Waals surface area contributed by atoms with Gasteiger partial charge in [-0.05, 0) is 35.9 Å². The monoisotopic (exact) mass is 502 g/mol. The van der Waals surface area contributed by atoms with Crippen LogP contribution in [0.1, 0.15) is 22.9 Å². The maximum atomic E-state index is 13.1. The third-order valence-electron chi connectivity index (χ3n) is 5.32. The summed E-state index contributed by atoms with van der Waals surface area (Å²) >= 11 is 12.0. The van der Waals surface area contributed by atoms with Crippen molar-refractivity contribution in [3.05, 3.63) is 79.8 Å². The standard InChI is InChI=1S/C23H20Cl2N4O5/c24-14-3-1-12(2-4-14)20(21(32)27-16(10-30)11-31)29-22(33)19(28-23(29)34)7-13-9-26-18-8-15(25)5-6-17(13)18/h1-9,16,20,30-31,33H,10-11H2,(H,27,32)(H,28,34). The van der Waals surface area contributed by atoms with Gasteiger partial charge >= 0.3 is 5.69 Å².